The lowest BCUT2D eigenvalue weighted by Gasteiger charge is -2.21. The maximum Gasteiger partial charge on any atom is 0.323 e. The summed E-state index contributed by atoms with van der Waals surface area (Å²) in [6, 6.07) is 9.60. The number of amides is 4. The van der Waals surface area contributed by atoms with E-state index in [-0.39, 0.29) is 6.54 Å². The molecule has 24 heavy (non-hydrogen) atoms. The van der Waals surface area contributed by atoms with E-state index in [0.29, 0.717) is 16.4 Å². The van der Waals surface area contributed by atoms with Crippen LogP contribution in [0.5, 0.6) is 0 Å². The number of aromatic nitrogens is 1. The van der Waals surface area contributed by atoms with Gasteiger partial charge in [0.05, 0.1) is 12.2 Å². The molecule has 1 atom stereocenters. The Bertz CT molecular complexity index is 883. The number of benzene rings is 1. The summed E-state index contributed by atoms with van der Waals surface area (Å²) in [6.45, 7) is 0.213. The number of carbonyl (C=O) groups is 3. The van der Waals surface area contributed by atoms with E-state index in [1.165, 1.54) is 4.90 Å². The van der Waals surface area contributed by atoms with Crippen molar-refractivity contribution in [1.82, 2.24) is 15.6 Å². The number of urea groups is 1. The predicted molar refractivity (Wildman–Crippen MR) is 85.2 cm³/mol. The van der Waals surface area contributed by atoms with E-state index in [1.807, 2.05) is 0 Å². The van der Waals surface area contributed by atoms with Gasteiger partial charge in [0.25, 0.3) is 11.8 Å². The van der Waals surface area contributed by atoms with E-state index in [2.05, 4.69) is 15.6 Å². The molecule has 4 amide bonds. The molecule has 0 radical (unpaired) electrons. The Morgan fingerprint density at radius 2 is 1.92 bits per heavy atom. The molecule has 0 saturated carbocycles. The second-order valence-corrected chi connectivity index (χ2v) is 5.94. The molecule has 0 aliphatic carbocycles. The number of rotatable bonds is 2. The highest BCUT2D eigenvalue weighted by Gasteiger charge is 2.61. The summed E-state index contributed by atoms with van der Waals surface area (Å²) >= 11 is 5.78. The van der Waals surface area contributed by atoms with Gasteiger partial charge in [-0.05, 0) is 17.7 Å². The summed E-state index contributed by atoms with van der Waals surface area (Å²) in [5.74, 6) is -1.16. The van der Waals surface area contributed by atoms with E-state index in [9.17, 15) is 14.4 Å². The molecular formula is C16H11ClN4O3. The maximum atomic E-state index is 13.0. The molecule has 3 heterocycles. The number of pyridine rings is 1. The van der Waals surface area contributed by atoms with Crippen LogP contribution in [0.25, 0.3) is 0 Å². The van der Waals surface area contributed by atoms with Crippen molar-refractivity contribution in [2.45, 2.75) is 12.1 Å². The minimum Gasteiger partial charge on any atom is -0.312 e. The SMILES string of the molecule is O=C1NC(=O)C2(N1)C(=O)N(Cc1ccc(Cl)nc1)c1ccccc12. The van der Waals surface area contributed by atoms with Crippen LogP contribution in [-0.2, 0) is 21.7 Å². The van der Waals surface area contributed by atoms with Crippen molar-refractivity contribution in [3.05, 3.63) is 58.9 Å². The zero-order valence-electron chi connectivity index (χ0n) is 12.2. The van der Waals surface area contributed by atoms with Gasteiger partial charge in [0, 0.05) is 11.8 Å². The maximum absolute atomic E-state index is 13.0. The van der Waals surface area contributed by atoms with E-state index in [0.717, 1.165) is 5.56 Å². The fourth-order valence-electron chi connectivity index (χ4n) is 3.09. The van der Waals surface area contributed by atoms with Crippen molar-refractivity contribution in [1.29, 1.82) is 0 Å². The standard InChI is InChI=1S/C16H11ClN4O3/c17-12-6-5-9(7-18-12)8-21-11-4-2-1-3-10(11)16(14(21)23)13(22)19-15(24)20-16/h1-7H,8H2,(H2,19,20,22,24). The van der Waals surface area contributed by atoms with Gasteiger partial charge in [-0.15, -0.1) is 0 Å². The fraction of sp³-hybridized carbons (Fsp3) is 0.125. The van der Waals surface area contributed by atoms with E-state index in [4.69, 9.17) is 11.6 Å². The Hall–Kier alpha value is -2.93. The zero-order valence-corrected chi connectivity index (χ0v) is 13.0. The van der Waals surface area contributed by atoms with Gasteiger partial charge in [-0.1, -0.05) is 35.9 Å². The van der Waals surface area contributed by atoms with Crippen molar-refractivity contribution in [3.63, 3.8) is 0 Å². The quantitative estimate of drug-likeness (QED) is 0.489. The Kier molecular flexibility index (Phi) is 3.07. The first-order chi connectivity index (χ1) is 11.5. The molecule has 1 spiro atoms. The number of nitrogens with one attached hydrogen (secondary N) is 2. The summed E-state index contributed by atoms with van der Waals surface area (Å²) < 4.78 is 0. The average Bonchev–Trinajstić information content (AvgIpc) is 3.00. The summed E-state index contributed by atoms with van der Waals surface area (Å²) in [6.07, 6.45) is 1.57. The molecular weight excluding hydrogens is 332 g/mol. The molecule has 8 heteroatoms. The molecule has 2 aromatic rings. The molecule has 0 bridgehead atoms. The minimum atomic E-state index is -1.70. The Morgan fingerprint density at radius 3 is 2.58 bits per heavy atom. The van der Waals surface area contributed by atoms with Gasteiger partial charge in [0.2, 0.25) is 5.54 Å². The number of hydrogen-bond donors (Lipinski definition) is 2. The van der Waals surface area contributed by atoms with Gasteiger partial charge in [0.15, 0.2) is 0 Å². The largest absolute Gasteiger partial charge is 0.323 e. The molecule has 2 aliphatic rings. The van der Waals surface area contributed by atoms with Crippen LogP contribution in [0.15, 0.2) is 42.6 Å². The first kappa shape index (κ1) is 14.6. The van der Waals surface area contributed by atoms with Crippen molar-refractivity contribution < 1.29 is 14.4 Å². The van der Waals surface area contributed by atoms with E-state index >= 15 is 0 Å². The van der Waals surface area contributed by atoms with Crippen molar-refractivity contribution in [2.24, 2.45) is 0 Å². The van der Waals surface area contributed by atoms with Crippen LogP contribution in [-0.4, -0.2) is 22.8 Å². The van der Waals surface area contributed by atoms with Crippen LogP contribution in [0.1, 0.15) is 11.1 Å². The number of hydrogen-bond acceptors (Lipinski definition) is 4. The monoisotopic (exact) mass is 342 g/mol. The van der Waals surface area contributed by atoms with Gasteiger partial charge < -0.3 is 10.2 Å². The third-order valence-electron chi connectivity index (χ3n) is 4.16. The summed E-state index contributed by atoms with van der Waals surface area (Å²) in [5, 5.41) is 4.98. The number of carbonyl (C=O) groups excluding carboxylic acids is 3. The number of para-hydroxylation sites is 1. The van der Waals surface area contributed by atoms with Crippen LogP contribution in [0.3, 0.4) is 0 Å². The number of fused-ring (bicyclic) bond motifs is 2. The van der Waals surface area contributed by atoms with Crippen molar-refractivity contribution >= 4 is 35.1 Å². The topological polar surface area (TPSA) is 91.4 Å². The average molecular weight is 343 g/mol. The smallest absolute Gasteiger partial charge is 0.312 e. The van der Waals surface area contributed by atoms with Gasteiger partial charge in [-0.3, -0.25) is 14.9 Å². The zero-order chi connectivity index (χ0) is 16.9. The summed E-state index contributed by atoms with van der Waals surface area (Å²) in [7, 11) is 0. The predicted octanol–water partition coefficient (Wildman–Crippen LogP) is 1.32. The van der Waals surface area contributed by atoms with Gasteiger partial charge in [0.1, 0.15) is 5.15 Å². The van der Waals surface area contributed by atoms with Gasteiger partial charge in [-0.25, -0.2) is 9.78 Å². The highest BCUT2D eigenvalue weighted by atomic mass is 35.5. The summed E-state index contributed by atoms with van der Waals surface area (Å²) in [4.78, 5) is 42.5. The van der Waals surface area contributed by atoms with Crippen LogP contribution in [0.4, 0.5) is 10.5 Å². The summed E-state index contributed by atoms with van der Waals surface area (Å²) in [5.41, 5.74) is 0.0903. The second kappa shape index (κ2) is 5.04. The highest BCUT2D eigenvalue weighted by molar-refractivity contribution is 6.29. The molecule has 7 nitrogen and oxygen atoms in total. The number of halogens is 1. The Morgan fingerprint density at radius 1 is 1.12 bits per heavy atom. The molecule has 1 unspecified atom stereocenters. The fourth-order valence-corrected chi connectivity index (χ4v) is 3.20. The lowest BCUT2D eigenvalue weighted by atomic mass is 9.92. The molecule has 2 aliphatic heterocycles. The highest BCUT2D eigenvalue weighted by Crippen LogP contribution is 2.42. The minimum absolute atomic E-state index is 0.213. The second-order valence-electron chi connectivity index (χ2n) is 5.56. The first-order valence-electron chi connectivity index (χ1n) is 7.18. The molecule has 1 aromatic heterocycles. The Labute approximate surface area is 141 Å². The van der Waals surface area contributed by atoms with Crippen LogP contribution >= 0.6 is 11.6 Å². The number of anilines is 1. The number of imide groups is 1. The van der Waals surface area contributed by atoms with Crippen LogP contribution in [0.2, 0.25) is 5.15 Å². The normalized spacial score (nSPS) is 21.9. The third-order valence-corrected chi connectivity index (χ3v) is 4.39. The third kappa shape index (κ3) is 1.91. The molecule has 2 N–H and O–H groups in total. The number of nitrogens with zero attached hydrogens (tertiary/aromatic N) is 2. The first-order valence-corrected chi connectivity index (χ1v) is 7.55. The molecule has 1 saturated heterocycles. The van der Waals surface area contributed by atoms with Gasteiger partial charge >= 0.3 is 6.03 Å². The van der Waals surface area contributed by atoms with Gasteiger partial charge in [-0.2, -0.15) is 0 Å². The van der Waals surface area contributed by atoms with Crippen LogP contribution < -0.4 is 15.5 Å². The Balaban J connectivity index is 1.80. The molecule has 1 fully saturated rings. The molecule has 1 aromatic carbocycles. The van der Waals surface area contributed by atoms with Crippen molar-refractivity contribution in [2.75, 3.05) is 4.90 Å². The van der Waals surface area contributed by atoms with E-state index < -0.39 is 23.4 Å². The van der Waals surface area contributed by atoms with Crippen molar-refractivity contribution in [3.8, 4) is 0 Å². The van der Waals surface area contributed by atoms with E-state index in [1.54, 1.807) is 42.6 Å². The van der Waals surface area contributed by atoms with Crippen LogP contribution in [0, 0.1) is 0 Å². The molecule has 4 rings (SSSR count). The lowest BCUT2D eigenvalue weighted by molar-refractivity contribution is -0.134. The lowest BCUT2D eigenvalue weighted by Crippen LogP contribution is -2.52. The molecule has 120 valence electrons.